The van der Waals surface area contributed by atoms with Crippen molar-refractivity contribution in [1.82, 2.24) is 10.6 Å². The number of hydrogen-bond acceptors (Lipinski definition) is 4. The zero-order valence-electron chi connectivity index (χ0n) is 12.9. The first kappa shape index (κ1) is 19.9. The van der Waals surface area contributed by atoms with Gasteiger partial charge in [0.15, 0.2) is 0 Å². The Morgan fingerprint density at radius 2 is 1.50 bits per heavy atom. The van der Waals surface area contributed by atoms with Crippen molar-refractivity contribution >= 4 is 23.8 Å². The van der Waals surface area contributed by atoms with Crippen LogP contribution < -0.4 is 10.6 Å². The highest BCUT2D eigenvalue weighted by atomic mass is 16.4. The van der Waals surface area contributed by atoms with Crippen molar-refractivity contribution in [3.05, 3.63) is 0 Å². The highest BCUT2D eigenvalue weighted by Gasteiger charge is 2.22. The number of nitrogens with one attached hydrogen (secondary N) is 2. The third-order valence-electron chi connectivity index (χ3n) is 2.86. The van der Waals surface area contributed by atoms with Gasteiger partial charge in [0.1, 0.15) is 0 Å². The molecule has 0 aromatic carbocycles. The van der Waals surface area contributed by atoms with Crippen molar-refractivity contribution < 1.29 is 29.4 Å². The first-order valence-corrected chi connectivity index (χ1v) is 7.20. The van der Waals surface area contributed by atoms with Crippen LogP contribution in [0.2, 0.25) is 0 Å². The summed E-state index contributed by atoms with van der Waals surface area (Å²) < 4.78 is 0. The Balaban J connectivity index is 4.09. The van der Waals surface area contributed by atoms with Crippen LogP contribution in [0.5, 0.6) is 0 Å². The molecule has 0 aliphatic carbocycles. The van der Waals surface area contributed by atoms with Crippen LogP contribution in [0.1, 0.15) is 39.5 Å². The first-order chi connectivity index (χ1) is 10.2. The predicted molar refractivity (Wildman–Crippen MR) is 78.1 cm³/mol. The van der Waals surface area contributed by atoms with Gasteiger partial charge in [-0.15, -0.1) is 0 Å². The van der Waals surface area contributed by atoms with Crippen LogP contribution >= 0.6 is 0 Å². The van der Waals surface area contributed by atoms with Crippen molar-refractivity contribution in [3.63, 3.8) is 0 Å². The smallest absolute Gasteiger partial charge is 0.305 e. The van der Waals surface area contributed by atoms with Crippen molar-refractivity contribution in [3.8, 4) is 0 Å². The molecule has 0 fully saturated rings. The molecule has 0 aliphatic rings. The van der Waals surface area contributed by atoms with Gasteiger partial charge in [-0.05, 0) is 12.3 Å². The van der Waals surface area contributed by atoms with E-state index in [1.54, 1.807) is 0 Å². The van der Waals surface area contributed by atoms with Gasteiger partial charge in [0.25, 0.3) is 0 Å². The molecule has 2 amide bonds. The molecule has 8 nitrogen and oxygen atoms in total. The lowest BCUT2D eigenvalue weighted by atomic mass is 9.93. The summed E-state index contributed by atoms with van der Waals surface area (Å²) in [6.45, 7) is 3.93. The molecule has 0 saturated carbocycles. The van der Waals surface area contributed by atoms with Gasteiger partial charge in [-0.3, -0.25) is 19.2 Å². The van der Waals surface area contributed by atoms with E-state index < -0.39 is 17.9 Å². The summed E-state index contributed by atoms with van der Waals surface area (Å²) in [7, 11) is 0. The molecule has 0 saturated heterocycles. The molecule has 0 radical (unpaired) electrons. The van der Waals surface area contributed by atoms with Crippen molar-refractivity contribution in [2.24, 2.45) is 11.8 Å². The molecule has 0 bridgehead atoms. The highest BCUT2D eigenvalue weighted by Crippen LogP contribution is 2.15. The third kappa shape index (κ3) is 10.6. The minimum Gasteiger partial charge on any atom is -0.481 e. The van der Waals surface area contributed by atoms with E-state index in [2.05, 4.69) is 10.6 Å². The fourth-order valence-electron chi connectivity index (χ4n) is 1.90. The lowest BCUT2D eigenvalue weighted by Crippen LogP contribution is -2.36. The maximum absolute atomic E-state index is 11.9. The lowest BCUT2D eigenvalue weighted by molar-refractivity contribution is -0.141. The Morgan fingerprint density at radius 3 is 2.00 bits per heavy atom. The van der Waals surface area contributed by atoms with Crippen molar-refractivity contribution in [1.29, 1.82) is 0 Å². The molecule has 8 heteroatoms. The molecule has 22 heavy (non-hydrogen) atoms. The molecule has 0 spiro atoms. The van der Waals surface area contributed by atoms with Gasteiger partial charge in [-0.1, -0.05) is 13.8 Å². The Hall–Kier alpha value is -2.12. The molecule has 0 aromatic rings. The van der Waals surface area contributed by atoms with E-state index in [4.69, 9.17) is 10.2 Å². The largest absolute Gasteiger partial charge is 0.481 e. The van der Waals surface area contributed by atoms with Gasteiger partial charge in [-0.2, -0.15) is 0 Å². The second kappa shape index (κ2) is 10.6. The van der Waals surface area contributed by atoms with Gasteiger partial charge in [0, 0.05) is 25.4 Å². The minimum absolute atomic E-state index is 0.0207. The SMILES string of the molecule is CC(C)CC(CC(=O)O)C(=O)NCCC(=O)NCCC(=O)O. The number of carbonyl (C=O) groups is 4. The number of hydrogen-bond donors (Lipinski definition) is 4. The molecule has 1 unspecified atom stereocenters. The first-order valence-electron chi connectivity index (χ1n) is 7.20. The van der Waals surface area contributed by atoms with Crippen molar-refractivity contribution in [2.45, 2.75) is 39.5 Å². The molecule has 126 valence electrons. The third-order valence-corrected chi connectivity index (χ3v) is 2.86. The molecule has 0 aromatic heterocycles. The minimum atomic E-state index is -1.03. The topological polar surface area (TPSA) is 133 Å². The van der Waals surface area contributed by atoms with Gasteiger partial charge in [0.2, 0.25) is 11.8 Å². The normalized spacial score (nSPS) is 11.8. The van der Waals surface area contributed by atoms with Crippen LogP contribution in [0.15, 0.2) is 0 Å². The highest BCUT2D eigenvalue weighted by molar-refractivity contribution is 5.84. The number of rotatable bonds is 11. The summed E-state index contributed by atoms with van der Waals surface area (Å²) in [4.78, 5) is 44.3. The summed E-state index contributed by atoms with van der Waals surface area (Å²) in [5.74, 6) is -3.21. The lowest BCUT2D eigenvalue weighted by Gasteiger charge is -2.16. The summed E-state index contributed by atoms with van der Waals surface area (Å²) >= 11 is 0. The number of amides is 2. The van der Waals surface area contributed by atoms with E-state index in [0.29, 0.717) is 6.42 Å². The number of carbonyl (C=O) groups excluding carboxylic acids is 2. The van der Waals surface area contributed by atoms with Crippen LogP contribution in [0.3, 0.4) is 0 Å². The fraction of sp³-hybridized carbons (Fsp3) is 0.714. The number of carboxylic acids is 2. The second-order valence-corrected chi connectivity index (χ2v) is 5.46. The van der Waals surface area contributed by atoms with Crippen molar-refractivity contribution in [2.75, 3.05) is 13.1 Å². The Kier molecular flexibility index (Phi) is 9.56. The van der Waals surface area contributed by atoms with Crippen LogP contribution in [-0.4, -0.2) is 47.1 Å². The number of aliphatic carboxylic acids is 2. The monoisotopic (exact) mass is 316 g/mol. The van der Waals surface area contributed by atoms with Crippen LogP contribution in [0.25, 0.3) is 0 Å². The fourth-order valence-corrected chi connectivity index (χ4v) is 1.90. The molecule has 0 rings (SSSR count). The van der Waals surface area contributed by atoms with Gasteiger partial charge in [0.05, 0.1) is 12.8 Å². The van der Waals surface area contributed by atoms with Gasteiger partial charge in [-0.25, -0.2) is 0 Å². The van der Waals surface area contributed by atoms with Crippen LogP contribution in [0.4, 0.5) is 0 Å². The zero-order chi connectivity index (χ0) is 17.1. The Morgan fingerprint density at radius 1 is 0.909 bits per heavy atom. The van der Waals surface area contributed by atoms with E-state index in [9.17, 15) is 19.2 Å². The quantitative estimate of drug-likeness (QED) is 0.431. The molecule has 0 aliphatic heterocycles. The number of carboxylic acid groups (broad SMARTS) is 2. The molecule has 4 N–H and O–H groups in total. The Bertz CT molecular complexity index is 408. The van der Waals surface area contributed by atoms with Gasteiger partial charge >= 0.3 is 11.9 Å². The summed E-state index contributed by atoms with van der Waals surface area (Å²) in [6, 6.07) is 0. The maximum atomic E-state index is 11.9. The summed E-state index contributed by atoms with van der Waals surface area (Å²) in [5.41, 5.74) is 0. The molecule has 1 atom stereocenters. The Labute approximate surface area is 129 Å². The summed E-state index contributed by atoms with van der Waals surface area (Å²) in [6.07, 6.45) is 0.0811. The summed E-state index contributed by atoms with van der Waals surface area (Å²) in [5, 5.41) is 22.2. The zero-order valence-corrected chi connectivity index (χ0v) is 12.9. The van der Waals surface area contributed by atoms with Crippen LogP contribution in [0, 0.1) is 11.8 Å². The van der Waals surface area contributed by atoms with Gasteiger partial charge < -0.3 is 20.8 Å². The van der Waals surface area contributed by atoms with E-state index in [0.717, 1.165) is 0 Å². The van der Waals surface area contributed by atoms with E-state index >= 15 is 0 Å². The molecule has 0 heterocycles. The average molecular weight is 316 g/mol. The molecular formula is C14H24N2O6. The average Bonchev–Trinajstić information content (AvgIpc) is 2.36. The predicted octanol–water partition coefficient (Wildman–Crippen LogP) is 0.221. The molecular weight excluding hydrogens is 292 g/mol. The second-order valence-electron chi connectivity index (χ2n) is 5.46. The van der Waals surface area contributed by atoms with E-state index in [1.807, 2.05) is 13.8 Å². The van der Waals surface area contributed by atoms with E-state index in [1.165, 1.54) is 0 Å². The standard InChI is InChI=1S/C14H24N2O6/c1-9(2)7-10(8-13(20)21)14(22)16-5-3-11(17)15-6-4-12(18)19/h9-10H,3-8H2,1-2H3,(H,15,17)(H,16,22)(H,18,19)(H,20,21). The van der Waals surface area contributed by atoms with E-state index in [-0.39, 0.29) is 50.1 Å². The maximum Gasteiger partial charge on any atom is 0.305 e. The van der Waals surface area contributed by atoms with Crippen LogP contribution in [-0.2, 0) is 19.2 Å².